The molecule has 21 heavy (non-hydrogen) atoms. The Balaban J connectivity index is 1.87. The van der Waals surface area contributed by atoms with Crippen LogP contribution in [-0.4, -0.2) is 36.0 Å². The Labute approximate surface area is 128 Å². The van der Waals surface area contributed by atoms with Gasteiger partial charge in [-0.05, 0) is 36.6 Å². The van der Waals surface area contributed by atoms with E-state index < -0.39 is 0 Å². The molecule has 6 heteroatoms. The van der Waals surface area contributed by atoms with Gasteiger partial charge in [-0.3, -0.25) is 4.79 Å². The highest BCUT2D eigenvalue weighted by Gasteiger charge is 2.26. The van der Waals surface area contributed by atoms with Crippen molar-refractivity contribution in [3.63, 3.8) is 0 Å². The van der Waals surface area contributed by atoms with E-state index in [2.05, 4.69) is 20.2 Å². The molecule has 2 heterocycles. The molecular weight excluding hydrogens is 288 g/mol. The predicted molar refractivity (Wildman–Crippen MR) is 83.6 cm³/mol. The number of carbonyl (C=O) groups excluding carboxylic acids is 1. The minimum Gasteiger partial charge on any atom is -0.359 e. The van der Waals surface area contributed by atoms with Crippen LogP contribution in [0.1, 0.15) is 12.8 Å². The van der Waals surface area contributed by atoms with Crippen molar-refractivity contribution in [1.29, 1.82) is 0 Å². The average Bonchev–Trinajstić information content (AvgIpc) is 2.53. The maximum Gasteiger partial charge on any atom is 0.224 e. The zero-order valence-electron chi connectivity index (χ0n) is 11.8. The number of piperidine rings is 1. The molecule has 0 radical (unpaired) electrons. The summed E-state index contributed by atoms with van der Waals surface area (Å²) in [5, 5.41) is 3.99. The van der Waals surface area contributed by atoms with Crippen molar-refractivity contribution in [2.45, 2.75) is 12.8 Å². The molecule has 1 aromatic carbocycles. The van der Waals surface area contributed by atoms with E-state index in [-0.39, 0.29) is 17.1 Å². The van der Waals surface area contributed by atoms with Crippen LogP contribution in [-0.2, 0) is 4.79 Å². The Morgan fingerprint density at radius 2 is 2.00 bits per heavy atom. The molecule has 0 saturated carbocycles. The number of halogens is 1. The number of nitrogens with zero attached hydrogens (tertiary/aromatic N) is 3. The first kappa shape index (κ1) is 14.1. The number of hydrogen-bond acceptors (Lipinski definition) is 4. The summed E-state index contributed by atoms with van der Waals surface area (Å²) in [5.74, 6) is 1.08. The van der Waals surface area contributed by atoms with E-state index in [0.29, 0.717) is 0 Å². The largest absolute Gasteiger partial charge is 0.359 e. The highest BCUT2D eigenvalue weighted by molar-refractivity contribution is 6.28. The normalized spacial score (nSPS) is 16.2. The van der Waals surface area contributed by atoms with Gasteiger partial charge in [0.2, 0.25) is 11.2 Å². The second kappa shape index (κ2) is 5.85. The van der Waals surface area contributed by atoms with Crippen LogP contribution in [0.15, 0.2) is 24.3 Å². The zero-order chi connectivity index (χ0) is 14.8. The Hall–Kier alpha value is -1.88. The zero-order valence-corrected chi connectivity index (χ0v) is 12.6. The molecule has 1 N–H and O–H groups in total. The number of hydrogen-bond donors (Lipinski definition) is 1. The van der Waals surface area contributed by atoms with Gasteiger partial charge in [-0.2, -0.15) is 4.98 Å². The molecule has 1 aliphatic rings. The van der Waals surface area contributed by atoms with Gasteiger partial charge in [0.05, 0.1) is 5.52 Å². The van der Waals surface area contributed by atoms with Crippen molar-refractivity contribution in [2.24, 2.45) is 5.92 Å². The maximum absolute atomic E-state index is 11.7. The molecule has 1 fully saturated rings. The molecule has 0 aliphatic carbocycles. The fraction of sp³-hybridized carbons (Fsp3) is 0.400. The smallest absolute Gasteiger partial charge is 0.224 e. The molecule has 2 aromatic rings. The number of nitrogens with one attached hydrogen (secondary N) is 1. The van der Waals surface area contributed by atoms with Crippen molar-refractivity contribution in [2.75, 3.05) is 25.0 Å². The van der Waals surface area contributed by atoms with Crippen LogP contribution in [0.5, 0.6) is 0 Å². The molecule has 110 valence electrons. The summed E-state index contributed by atoms with van der Waals surface area (Å²) >= 11 is 6.03. The van der Waals surface area contributed by atoms with Gasteiger partial charge in [0.25, 0.3) is 0 Å². The lowest BCUT2D eigenvalue weighted by molar-refractivity contribution is -0.125. The summed E-state index contributed by atoms with van der Waals surface area (Å²) in [5.41, 5.74) is 0.848. The molecule has 0 unspecified atom stereocenters. The van der Waals surface area contributed by atoms with Gasteiger partial charge in [-0.25, -0.2) is 4.98 Å². The maximum atomic E-state index is 11.7. The molecule has 1 aromatic heterocycles. The summed E-state index contributed by atoms with van der Waals surface area (Å²) in [7, 11) is 1.69. The molecule has 0 bridgehead atoms. The van der Waals surface area contributed by atoms with Crippen molar-refractivity contribution in [1.82, 2.24) is 15.3 Å². The first-order valence-electron chi connectivity index (χ1n) is 7.08. The van der Waals surface area contributed by atoms with E-state index in [1.807, 2.05) is 24.3 Å². The number of rotatable bonds is 2. The molecule has 5 nitrogen and oxygen atoms in total. The molecule has 1 saturated heterocycles. The van der Waals surface area contributed by atoms with Crippen molar-refractivity contribution in [3.05, 3.63) is 29.5 Å². The number of anilines is 1. The van der Waals surface area contributed by atoms with Crippen molar-refractivity contribution >= 4 is 34.2 Å². The third kappa shape index (κ3) is 2.78. The molecule has 3 rings (SSSR count). The summed E-state index contributed by atoms with van der Waals surface area (Å²) in [6, 6.07) is 7.85. The Kier molecular flexibility index (Phi) is 3.92. The number of fused-ring (bicyclic) bond motifs is 1. The monoisotopic (exact) mass is 304 g/mol. The second-order valence-electron chi connectivity index (χ2n) is 5.21. The van der Waals surface area contributed by atoms with E-state index in [4.69, 9.17) is 11.6 Å². The number of aromatic nitrogens is 2. The lowest BCUT2D eigenvalue weighted by Gasteiger charge is -2.32. The van der Waals surface area contributed by atoms with Gasteiger partial charge in [-0.15, -0.1) is 0 Å². The van der Waals surface area contributed by atoms with Gasteiger partial charge < -0.3 is 10.2 Å². The summed E-state index contributed by atoms with van der Waals surface area (Å²) in [6.07, 6.45) is 1.66. The van der Waals surface area contributed by atoms with Crippen LogP contribution in [0.4, 0.5) is 5.82 Å². The van der Waals surface area contributed by atoms with E-state index >= 15 is 0 Å². The minimum atomic E-state index is 0.0924. The fourth-order valence-electron chi connectivity index (χ4n) is 2.83. The molecule has 0 spiro atoms. The van der Waals surface area contributed by atoms with E-state index in [0.717, 1.165) is 42.7 Å². The van der Waals surface area contributed by atoms with Gasteiger partial charge in [0, 0.05) is 31.4 Å². The molecular formula is C15H17ClN4O. The summed E-state index contributed by atoms with van der Waals surface area (Å²) < 4.78 is 0. The summed E-state index contributed by atoms with van der Waals surface area (Å²) in [4.78, 5) is 22.5. The van der Waals surface area contributed by atoms with Crippen LogP contribution in [0.25, 0.3) is 10.9 Å². The number of benzene rings is 1. The topological polar surface area (TPSA) is 58.1 Å². The Morgan fingerprint density at radius 1 is 1.29 bits per heavy atom. The fourth-order valence-corrected chi connectivity index (χ4v) is 3.00. The van der Waals surface area contributed by atoms with Crippen LogP contribution < -0.4 is 10.2 Å². The van der Waals surface area contributed by atoms with Crippen LogP contribution >= 0.6 is 11.6 Å². The summed E-state index contributed by atoms with van der Waals surface area (Å²) in [6.45, 7) is 1.60. The van der Waals surface area contributed by atoms with Gasteiger partial charge in [-0.1, -0.05) is 12.1 Å². The van der Waals surface area contributed by atoms with Crippen molar-refractivity contribution < 1.29 is 4.79 Å². The molecule has 1 aliphatic heterocycles. The SMILES string of the molecule is CNC(=O)C1CCN(c2nc(Cl)nc3ccccc23)CC1. The number of carbonyl (C=O) groups is 1. The minimum absolute atomic E-state index is 0.0924. The number of amides is 1. The lowest BCUT2D eigenvalue weighted by Crippen LogP contribution is -2.40. The van der Waals surface area contributed by atoms with Gasteiger partial charge >= 0.3 is 0 Å². The highest BCUT2D eigenvalue weighted by Crippen LogP contribution is 2.28. The van der Waals surface area contributed by atoms with Crippen LogP contribution in [0.3, 0.4) is 0 Å². The van der Waals surface area contributed by atoms with Gasteiger partial charge in [0.1, 0.15) is 5.82 Å². The Morgan fingerprint density at radius 3 is 2.71 bits per heavy atom. The van der Waals surface area contributed by atoms with Crippen LogP contribution in [0.2, 0.25) is 5.28 Å². The number of para-hydroxylation sites is 1. The standard InChI is InChI=1S/C15H17ClN4O/c1-17-14(21)10-6-8-20(9-7-10)13-11-4-2-3-5-12(11)18-15(16)19-13/h2-5,10H,6-9H2,1H3,(H,17,21). The Bertz CT molecular complexity index is 668. The third-order valence-electron chi connectivity index (χ3n) is 3.97. The van der Waals surface area contributed by atoms with Crippen molar-refractivity contribution in [3.8, 4) is 0 Å². The third-order valence-corrected chi connectivity index (χ3v) is 4.14. The molecule has 1 amide bonds. The van der Waals surface area contributed by atoms with E-state index in [1.54, 1.807) is 7.05 Å². The first-order chi connectivity index (χ1) is 10.2. The van der Waals surface area contributed by atoms with E-state index in [9.17, 15) is 4.79 Å². The average molecular weight is 305 g/mol. The van der Waals surface area contributed by atoms with Crippen LogP contribution in [0, 0.1) is 5.92 Å². The second-order valence-corrected chi connectivity index (χ2v) is 5.55. The molecule has 0 atom stereocenters. The highest BCUT2D eigenvalue weighted by atomic mass is 35.5. The lowest BCUT2D eigenvalue weighted by atomic mass is 9.96. The predicted octanol–water partition coefficient (Wildman–Crippen LogP) is 2.25. The van der Waals surface area contributed by atoms with Gasteiger partial charge in [0.15, 0.2) is 0 Å². The van der Waals surface area contributed by atoms with E-state index in [1.165, 1.54) is 0 Å². The quantitative estimate of drug-likeness (QED) is 0.865. The first-order valence-corrected chi connectivity index (χ1v) is 7.45.